The molecule has 146 heavy (non-hydrogen) atoms. The average molecular weight is 2820 g/mol. The Morgan fingerprint density at radius 3 is 1.16 bits per heavy atom. The summed E-state index contributed by atoms with van der Waals surface area (Å²) in [5.41, 5.74) is 34.4. The fraction of sp³-hybridized carbons (Fsp3) is 0.200. The van der Waals surface area contributed by atoms with Crippen molar-refractivity contribution < 1.29 is 136 Å². The van der Waals surface area contributed by atoms with Gasteiger partial charge in [-0.05, 0) is 195 Å². The fourth-order valence-corrected chi connectivity index (χ4v) is 17.8. The van der Waals surface area contributed by atoms with Gasteiger partial charge >= 0.3 is 21.1 Å². The van der Waals surface area contributed by atoms with Crippen LogP contribution >= 0.6 is 0 Å². The summed E-state index contributed by atoms with van der Waals surface area (Å²) < 4.78 is 0. The van der Waals surface area contributed by atoms with E-state index in [1.54, 1.807) is 6.20 Å². The van der Waals surface area contributed by atoms with Gasteiger partial charge in [-0.3, -0.25) is 29.3 Å². The van der Waals surface area contributed by atoms with Crippen LogP contribution in [0.15, 0.2) is 345 Å². The van der Waals surface area contributed by atoms with Gasteiger partial charge < -0.3 is 40.4 Å². The van der Waals surface area contributed by atoms with E-state index in [9.17, 15) is 19.5 Å². The molecule has 10 aromatic carbocycles. The Bertz CT molecular complexity index is 7190. The minimum Gasteiger partial charge on any atom is -0.657 e. The second-order valence-electron chi connectivity index (χ2n) is 33.9. The fourth-order valence-electron chi connectivity index (χ4n) is 17.8. The maximum absolute atomic E-state index is 11.1. The number of aliphatic hydroxyl groups excluding tert-OH is 4. The predicted octanol–water partition coefficient (Wildman–Crippen LogP) is 29.8. The van der Waals surface area contributed by atoms with Gasteiger partial charge in [0.2, 0.25) is 0 Å². The van der Waals surface area contributed by atoms with Crippen LogP contribution in [0.1, 0.15) is 180 Å². The van der Waals surface area contributed by atoms with Crippen LogP contribution in [0.5, 0.6) is 0 Å². The molecule has 0 saturated carbocycles. The van der Waals surface area contributed by atoms with Gasteiger partial charge in [-0.15, -0.1) is 165 Å². The van der Waals surface area contributed by atoms with Crippen molar-refractivity contribution in [3.8, 4) is 67.4 Å². The Hall–Kier alpha value is -12.8. The van der Waals surface area contributed by atoms with Gasteiger partial charge in [0.05, 0.1) is 68.2 Å². The van der Waals surface area contributed by atoms with E-state index in [4.69, 9.17) is 50.2 Å². The molecule has 1 aliphatic carbocycles. The number of aliphatic hydroxyl groups is 4. The molecule has 2 aliphatic heterocycles. The summed E-state index contributed by atoms with van der Waals surface area (Å²) in [4.78, 5) is 75.4. The largest absolute Gasteiger partial charge is 2.00 e. The Labute approximate surface area is 926 Å². The zero-order valence-corrected chi connectivity index (χ0v) is 96.0. The van der Waals surface area contributed by atoms with E-state index in [0.717, 1.165) is 169 Å². The Kier molecular flexibility index (Phi) is 48.0. The van der Waals surface area contributed by atoms with E-state index in [1.807, 2.05) is 182 Å². The average Bonchev–Trinajstić information content (AvgIpc) is 1.69. The van der Waals surface area contributed by atoms with Crippen LogP contribution < -0.4 is 9.97 Å². The third-order valence-electron chi connectivity index (χ3n) is 24.1. The molecule has 0 saturated heterocycles. The van der Waals surface area contributed by atoms with Crippen LogP contribution in [-0.4, -0.2) is 78.8 Å². The first kappa shape index (κ1) is 118. The molecule has 0 unspecified atom stereocenters. The molecule has 16 nitrogen and oxygen atoms in total. The van der Waals surface area contributed by atoms with Crippen LogP contribution in [0, 0.1) is 24.3 Å². The maximum Gasteiger partial charge on any atom is 2.00 e. The smallest absolute Gasteiger partial charge is 0.657 e. The summed E-state index contributed by atoms with van der Waals surface area (Å²) in [6, 6.07) is 113. The molecule has 3 aliphatic rings. The molecule has 21 heteroatoms. The van der Waals surface area contributed by atoms with E-state index in [2.05, 4.69) is 211 Å². The number of carbonyl (C=O) groups is 3. The molecule has 4 N–H and O–H groups in total. The molecule has 9 heterocycles. The number of allylic oxidation sites excluding steroid dienone is 9. The molecule has 0 spiro atoms. The molecule has 8 bridgehead atoms. The van der Waals surface area contributed by atoms with Gasteiger partial charge in [0.1, 0.15) is 5.76 Å². The second-order valence-corrected chi connectivity index (χ2v) is 33.9. The maximum atomic E-state index is 11.1. The number of ketones is 3. The minimum absolute atomic E-state index is 0. The van der Waals surface area contributed by atoms with Crippen LogP contribution in [0.2, 0.25) is 0 Å². The number of rotatable bonds is 17. The van der Waals surface area contributed by atoms with E-state index < -0.39 is 6.10 Å². The van der Waals surface area contributed by atoms with Crippen molar-refractivity contribution in [2.75, 3.05) is 0 Å². The molecule has 20 rings (SSSR count). The number of nitrogens with zero attached hydrogens (tertiary/aromatic N) is 9. The van der Waals surface area contributed by atoms with Crippen LogP contribution in [0.25, 0.3) is 155 Å². The minimum atomic E-state index is -0.831. The van der Waals surface area contributed by atoms with Crippen molar-refractivity contribution >= 4 is 105 Å². The van der Waals surface area contributed by atoms with Gasteiger partial charge in [0.15, 0.2) is 17.3 Å². The van der Waals surface area contributed by atoms with Crippen molar-refractivity contribution in [2.24, 2.45) is 0 Å². The van der Waals surface area contributed by atoms with Crippen molar-refractivity contribution in [2.45, 2.75) is 167 Å². The number of hydrogen-bond acceptors (Lipinski definition) is 14. The van der Waals surface area contributed by atoms with Crippen molar-refractivity contribution in [3.63, 3.8) is 0 Å². The predicted molar refractivity (Wildman–Crippen MR) is 578 cm³/mol. The molecule has 0 amide bonds. The summed E-state index contributed by atoms with van der Waals surface area (Å²) >= 11 is 0. The molecule has 7 aromatic heterocycles. The van der Waals surface area contributed by atoms with E-state index in [0.29, 0.717) is 19.3 Å². The van der Waals surface area contributed by atoms with E-state index in [-0.39, 0.29) is 142 Å². The SMILES string of the molecule is CC(=O)C=C(C)O.CC(=O)C=C(C)O.CCC1=C(CC)c2cc3[n-]c(cc4nc(cc5[n-]c(cc1n2)c(CC)c5CC)C(CC)=C4CC)c(CC)c3CC.C[C@@H](O)C1=C(O)CCCC1=O.[Ir].[Ir].[Ir].[Ir].[Pt+2].[c-]1ccc(-c2ccccc2)cc1-c1ccccn1.[c-]1ccccc1-c1nc2ccccc2c2ccccc12.[c-]1ccccc1-c1nc2ccccc2nc1-c1ccccc1.[c-]1ccccc1-c1nccc2ccccc12. The Morgan fingerprint density at radius 1 is 0.356 bits per heavy atom. The summed E-state index contributed by atoms with van der Waals surface area (Å²) in [5.74, 6) is -0.181. The zero-order chi connectivity index (χ0) is 99.9. The first-order valence-electron chi connectivity index (χ1n) is 48.4. The van der Waals surface area contributed by atoms with E-state index in [1.165, 1.54) is 129 Å². The summed E-state index contributed by atoms with van der Waals surface area (Å²) in [6.45, 7) is 25.1. The molecule has 1 atom stereocenters. The van der Waals surface area contributed by atoms with Gasteiger partial charge in [-0.25, -0.2) is 9.97 Å². The third kappa shape index (κ3) is 30.7. The van der Waals surface area contributed by atoms with Crippen molar-refractivity contribution in [1.82, 2.24) is 44.9 Å². The Morgan fingerprint density at radius 2 is 0.747 bits per heavy atom. The van der Waals surface area contributed by atoms with Crippen molar-refractivity contribution in [3.05, 3.63) is 414 Å². The topological polar surface area (TPSA) is 251 Å². The molecule has 0 fully saturated rings. The number of Topliss-reactive ketones (excluding diaryl/α,β-unsaturated/α-hetero) is 1. The number of carbonyl (C=O) groups excluding carboxylic acids is 3. The number of aryl methyl sites for hydroxylation is 4. The molecular formula is C125H119Ir4N9O7Pt-4. The first-order valence-corrected chi connectivity index (χ1v) is 48.4. The molecule has 4 radical (unpaired) electrons. The summed E-state index contributed by atoms with van der Waals surface area (Å²) in [6.07, 6.45) is 14.4. The number of aromatic nitrogens is 9. The van der Waals surface area contributed by atoms with Gasteiger partial charge in [0, 0.05) is 129 Å². The van der Waals surface area contributed by atoms with Gasteiger partial charge in [-0.2, -0.15) is 0 Å². The van der Waals surface area contributed by atoms with Crippen LogP contribution in [0.3, 0.4) is 0 Å². The quantitative estimate of drug-likeness (QED) is 0.0286. The normalized spacial score (nSPS) is 12.0. The van der Waals surface area contributed by atoms with Crippen LogP contribution in [-0.2, 0) is 142 Å². The third-order valence-corrected chi connectivity index (χ3v) is 24.1. The van der Waals surface area contributed by atoms with Crippen LogP contribution in [0.4, 0.5) is 0 Å². The number of pyridine rings is 3. The summed E-state index contributed by atoms with van der Waals surface area (Å²) in [5, 5.41) is 41.0. The molecule has 17 aromatic rings. The number of hydrogen-bond donors (Lipinski definition) is 4. The van der Waals surface area contributed by atoms with E-state index >= 15 is 0 Å². The monoisotopic (exact) mass is 2820 g/mol. The zero-order valence-electron chi connectivity index (χ0n) is 84.1. The Balaban J connectivity index is 0.000000215. The number of para-hydroxylation sites is 3. The molecule has 756 valence electrons. The number of benzene rings is 10. The second kappa shape index (κ2) is 59.1. The molecular weight excluding hydrogens is 2700 g/mol. The van der Waals surface area contributed by atoms with Gasteiger partial charge in [-0.1, -0.05) is 254 Å². The summed E-state index contributed by atoms with van der Waals surface area (Å²) in [7, 11) is 0. The van der Waals surface area contributed by atoms with Gasteiger partial charge in [0.25, 0.3) is 0 Å². The number of fused-ring (bicyclic) bond motifs is 13. The van der Waals surface area contributed by atoms with Crippen molar-refractivity contribution in [1.29, 1.82) is 0 Å². The first-order chi connectivity index (χ1) is 68.6. The standard InChI is InChI=1S/C36H44N4.C20H13N2.C19H12N.C17H12N.C15H10N.C8H12O3.2C5H8O2.4Ir.Pt/c1-9-21-22(10-2)30-18-32-25(13-5)26(14-6)34(39-32)20-36-28(16-8)27(15-7)35(40-36)19-33-24(12-4)23(11-3)31(38-33)17-29(21)37-30;1-3-9-15(10-4-1)19-20(16-11-5-2-6-12-16)22-18-14-8-7-13-17(18)21-19;1-2-8-14(9-3-1)19-17-12-5-4-10-15(17)16-11-6-7-13-18(16)20-19;1-2-7-14(8-3-1)15-9-6-10-16(13-15)17-11-4-5-12-18-17;1-2-7-13(8-3-1)15-14-9-5-4-6-12(14)10-11-16-15;1-5(9)8-6(10)3-2-4-7(8)11;2*1-4(6)3-5(2)7;;;;;/h17-20H,9-16H2,1-8H3;1-11,13-14H;1-8,10-13H;1-9,11-13H;1-7,9-11H;5,9-10H,2-4H2,1H3;2*3,6H,1-2H3;;;;;/q-2;4*-1;;;;;;;;+2/t;;;;;5-;;;;;;;/m.....1......./s1.